The third kappa shape index (κ3) is 0.816. The highest BCUT2D eigenvalue weighted by Crippen LogP contribution is 2.30. The monoisotopic (exact) mass is 187 g/mol. The maximum atomic E-state index is 11.6. The topological polar surface area (TPSA) is 49.7 Å². The lowest BCUT2D eigenvalue weighted by Crippen LogP contribution is -2.11. The van der Waals surface area contributed by atoms with Crippen LogP contribution < -0.4 is 0 Å². The summed E-state index contributed by atoms with van der Waals surface area (Å²) in [6.45, 7) is 0. The number of nitrogens with zero attached hydrogens (tertiary/aromatic N) is 1. The molecule has 0 saturated carbocycles. The molecule has 3 nitrogen and oxygen atoms in total. The van der Waals surface area contributed by atoms with Crippen molar-refractivity contribution >= 4 is 11.5 Å². The fourth-order valence-electron chi connectivity index (χ4n) is 2.15. The van der Waals surface area contributed by atoms with Crippen LogP contribution in [0.5, 0.6) is 0 Å². The summed E-state index contributed by atoms with van der Waals surface area (Å²) in [5.74, 6) is -0.114. The van der Waals surface area contributed by atoms with E-state index in [1.165, 1.54) is 11.1 Å². The first-order chi connectivity index (χ1) is 6.79. The third-order valence-corrected chi connectivity index (χ3v) is 3.07. The molecule has 2 aliphatic rings. The quantitative estimate of drug-likeness (QED) is 0.492. The van der Waals surface area contributed by atoms with Crippen molar-refractivity contribution in [2.45, 2.75) is 19.3 Å². The Labute approximate surface area is 81.0 Å². The second-order valence-electron chi connectivity index (χ2n) is 3.83. The van der Waals surface area contributed by atoms with E-state index < -0.39 is 0 Å². The Morgan fingerprint density at radius 1 is 1.14 bits per heavy atom. The zero-order valence-electron chi connectivity index (χ0n) is 7.58. The van der Waals surface area contributed by atoms with E-state index in [1.54, 1.807) is 0 Å². The Bertz CT molecular complexity index is 474. The predicted molar refractivity (Wildman–Crippen MR) is 51.1 cm³/mol. The first-order valence-corrected chi connectivity index (χ1v) is 4.70. The van der Waals surface area contributed by atoms with Gasteiger partial charge in [-0.05, 0) is 35.6 Å². The molecule has 0 radical (unpaired) electrons. The molecule has 3 rings (SSSR count). The number of fused-ring (bicyclic) bond motifs is 2. The third-order valence-electron chi connectivity index (χ3n) is 3.07. The fraction of sp³-hybridized carbons (Fsp3) is 0.273. The van der Waals surface area contributed by atoms with Crippen LogP contribution >= 0.6 is 0 Å². The molecular weight excluding hydrogens is 178 g/mol. The van der Waals surface area contributed by atoms with Gasteiger partial charge < -0.3 is 5.21 Å². The van der Waals surface area contributed by atoms with E-state index in [4.69, 9.17) is 5.21 Å². The molecule has 0 aliphatic heterocycles. The Kier molecular flexibility index (Phi) is 1.35. The first kappa shape index (κ1) is 7.74. The summed E-state index contributed by atoms with van der Waals surface area (Å²) < 4.78 is 0. The van der Waals surface area contributed by atoms with E-state index in [0.29, 0.717) is 6.42 Å². The molecule has 0 fully saturated rings. The van der Waals surface area contributed by atoms with Crippen molar-refractivity contribution in [3.8, 4) is 0 Å². The van der Waals surface area contributed by atoms with Crippen molar-refractivity contribution in [3.05, 3.63) is 34.4 Å². The molecule has 0 spiro atoms. The average molecular weight is 187 g/mol. The first-order valence-electron chi connectivity index (χ1n) is 4.70. The van der Waals surface area contributed by atoms with E-state index in [1.807, 2.05) is 6.07 Å². The van der Waals surface area contributed by atoms with E-state index in [-0.39, 0.29) is 11.5 Å². The number of oxime groups is 1. The van der Waals surface area contributed by atoms with Gasteiger partial charge in [-0.2, -0.15) is 0 Å². The minimum atomic E-state index is -0.114. The predicted octanol–water partition coefficient (Wildman–Crippen LogP) is 1.35. The summed E-state index contributed by atoms with van der Waals surface area (Å²) in [5, 5.41) is 11.7. The molecule has 70 valence electrons. The standard InChI is InChI=1S/C11H9NO2/c13-11-9-4-7-2-1-6(7)3-8(9)5-10(11)12-14/h3-4,14H,1-2,5H2/b12-10+. The number of aryl methyl sites for hydroxylation is 2. The van der Waals surface area contributed by atoms with Crippen LogP contribution in [0.2, 0.25) is 0 Å². The van der Waals surface area contributed by atoms with Crippen LogP contribution in [-0.4, -0.2) is 16.7 Å². The lowest BCUT2D eigenvalue weighted by atomic mass is 9.85. The van der Waals surface area contributed by atoms with Gasteiger partial charge in [0, 0.05) is 12.0 Å². The summed E-state index contributed by atoms with van der Waals surface area (Å²) in [4.78, 5) is 11.6. The smallest absolute Gasteiger partial charge is 0.211 e. The minimum Gasteiger partial charge on any atom is -0.411 e. The van der Waals surface area contributed by atoms with Gasteiger partial charge in [0.2, 0.25) is 5.78 Å². The Morgan fingerprint density at radius 3 is 2.50 bits per heavy atom. The Balaban J connectivity index is 2.19. The number of benzene rings is 1. The molecule has 0 atom stereocenters. The number of hydrogen-bond donors (Lipinski definition) is 1. The number of carbonyl (C=O) groups excluding carboxylic acids is 1. The lowest BCUT2D eigenvalue weighted by Gasteiger charge is -2.19. The number of ketones is 1. The van der Waals surface area contributed by atoms with Gasteiger partial charge in [0.1, 0.15) is 5.71 Å². The van der Waals surface area contributed by atoms with Crippen LogP contribution in [0.4, 0.5) is 0 Å². The van der Waals surface area contributed by atoms with Gasteiger partial charge in [-0.25, -0.2) is 0 Å². The van der Waals surface area contributed by atoms with Crippen molar-refractivity contribution in [1.29, 1.82) is 0 Å². The van der Waals surface area contributed by atoms with Crippen molar-refractivity contribution in [2.24, 2.45) is 5.16 Å². The molecule has 1 N–H and O–H groups in total. The van der Waals surface area contributed by atoms with Crippen LogP contribution in [0, 0.1) is 0 Å². The molecule has 0 unspecified atom stereocenters. The van der Waals surface area contributed by atoms with Crippen LogP contribution in [-0.2, 0) is 19.3 Å². The van der Waals surface area contributed by atoms with Crippen molar-refractivity contribution in [1.82, 2.24) is 0 Å². The lowest BCUT2D eigenvalue weighted by molar-refractivity contribution is 0.106. The van der Waals surface area contributed by atoms with E-state index >= 15 is 0 Å². The van der Waals surface area contributed by atoms with Crippen LogP contribution in [0.3, 0.4) is 0 Å². The SMILES string of the molecule is O=C1/C(=N/O)Cc2cc3c(cc21)CC3. The number of carbonyl (C=O) groups is 1. The van der Waals surface area contributed by atoms with E-state index in [9.17, 15) is 4.79 Å². The second-order valence-corrected chi connectivity index (χ2v) is 3.83. The molecule has 14 heavy (non-hydrogen) atoms. The van der Waals surface area contributed by atoms with Gasteiger partial charge in [-0.1, -0.05) is 11.2 Å². The van der Waals surface area contributed by atoms with Crippen molar-refractivity contribution in [2.75, 3.05) is 0 Å². The number of hydrogen-bond acceptors (Lipinski definition) is 3. The largest absolute Gasteiger partial charge is 0.411 e. The van der Waals surface area contributed by atoms with Gasteiger partial charge in [-0.3, -0.25) is 4.79 Å². The van der Waals surface area contributed by atoms with Crippen LogP contribution in [0.15, 0.2) is 17.3 Å². The van der Waals surface area contributed by atoms with Gasteiger partial charge >= 0.3 is 0 Å². The maximum Gasteiger partial charge on any atom is 0.211 e. The van der Waals surface area contributed by atoms with Crippen LogP contribution in [0.1, 0.15) is 27.0 Å². The second kappa shape index (κ2) is 2.44. The number of rotatable bonds is 0. The highest BCUT2D eigenvalue weighted by atomic mass is 16.4. The molecule has 0 amide bonds. The fourth-order valence-corrected chi connectivity index (χ4v) is 2.15. The molecule has 0 bridgehead atoms. The molecule has 2 aliphatic carbocycles. The molecular formula is C11H9NO2. The summed E-state index contributed by atoms with van der Waals surface area (Å²) in [7, 11) is 0. The zero-order chi connectivity index (χ0) is 9.71. The summed E-state index contributed by atoms with van der Waals surface area (Å²) in [6.07, 6.45) is 2.67. The molecule has 1 aromatic rings. The molecule has 3 heteroatoms. The minimum absolute atomic E-state index is 0.114. The van der Waals surface area contributed by atoms with Crippen molar-refractivity contribution < 1.29 is 10.0 Å². The van der Waals surface area contributed by atoms with Crippen LogP contribution in [0.25, 0.3) is 0 Å². The summed E-state index contributed by atoms with van der Waals surface area (Å²) >= 11 is 0. The average Bonchev–Trinajstić information content (AvgIpc) is 2.46. The maximum absolute atomic E-state index is 11.6. The van der Waals surface area contributed by atoms with Gasteiger partial charge in [0.05, 0.1) is 0 Å². The number of Topliss-reactive ketones (excluding diaryl/α,β-unsaturated/α-hetero) is 1. The Hall–Kier alpha value is -1.64. The van der Waals surface area contributed by atoms with E-state index in [0.717, 1.165) is 24.0 Å². The molecule has 0 saturated heterocycles. The van der Waals surface area contributed by atoms with Gasteiger partial charge in [0.15, 0.2) is 0 Å². The normalized spacial score (nSPS) is 20.6. The van der Waals surface area contributed by atoms with E-state index in [2.05, 4.69) is 11.2 Å². The molecule has 0 heterocycles. The molecule has 0 aromatic heterocycles. The zero-order valence-corrected chi connectivity index (χ0v) is 7.58. The Morgan fingerprint density at radius 2 is 1.86 bits per heavy atom. The van der Waals surface area contributed by atoms with Gasteiger partial charge in [-0.15, -0.1) is 0 Å². The molecule has 1 aromatic carbocycles. The summed E-state index contributed by atoms with van der Waals surface area (Å²) in [6, 6.07) is 4.03. The highest BCUT2D eigenvalue weighted by Gasteiger charge is 2.29. The summed E-state index contributed by atoms with van der Waals surface area (Å²) in [5.41, 5.74) is 4.63. The van der Waals surface area contributed by atoms with Gasteiger partial charge in [0.25, 0.3) is 0 Å². The highest BCUT2D eigenvalue weighted by molar-refractivity contribution is 6.49. The van der Waals surface area contributed by atoms with Crippen molar-refractivity contribution in [3.63, 3.8) is 0 Å².